The van der Waals surface area contributed by atoms with E-state index in [9.17, 15) is 9.59 Å². The number of ether oxygens (including phenoxy) is 2. The van der Waals surface area contributed by atoms with Gasteiger partial charge in [0.1, 0.15) is 11.1 Å². The molecule has 0 aliphatic carbocycles. The maximum atomic E-state index is 11.7. The highest BCUT2D eigenvalue weighted by atomic mass is 79.9. The standard InChI is InChI=1S/C14H18BrN3O4/c1-2-6-17-18-12-5-4-11(10-16-12)14(20)22-8-3-7-21-13(19)9-15/h4-6,10H,2-3,7-9H2,1H3,(H,16,18)/b17-6-. The van der Waals surface area contributed by atoms with Gasteiger partial charge in [-0.05, 0) is 18.6 Å². The largest absolute Gasteiger partial charge is 0.465 e. The highest BCUT2D eigenvalue weighted by molar-refractivity contribution is 9.09. The Morgan fingerprint density at radius 3 is 2.77 bits per heavy atom. The SMILES string of the molecule is CC/C=N\Nc1ccc(C(=O)OCCCOC(=O)CBr)cn1. The molecule has 0 saturated carbocycles. The van der Waals surface area contributed by atoms with E-state index in [0.717, 1.165) is 6.42 Å². The lowest BCUT2D eigenvalue weighted by molar-refractivity contribution is -0.140. The molecule has 1 aromatic rings. The molecular formula is C14H18BrN3O4. The van der Waals surface area contributed by atoms with Gasteiger partial charge < -0.3 is 9.47 Å². The van der Waals surface area contributed by atoms with Gasteiger partial charge in [0.05, 0.1) is 18.8 Å². The first kappa shape index (κ1) is 18.1. The number of hydrogen-bond acceptors (Lipinski definition) is 7. The smallest absolute Gasteiger partial charge is 0.339 e. The van der Waals surface area contributed by atoms with E-state index in [1.54, 1.807) is 18.3 Å². The van der Waals surface area contributed by atoms with E-state index in [4.69, 9.17) is 9.47 Å². The van der Waals surface area contributed by atoms with E-state index >= 15 is 0 Å². The molecular weight excluding hydrogens is 354 g/mol. The van der Waals surface area contributed by atoms with Crippen LogP contribution in [-0.2, 0) is 14.3 Å². The third-order valence-corrected chi connectivity index (χ3v) is 2.80. The van der Waals surface area contributed by atoms with Gasteiger partial charge in [-0.1, -0.05) is 22.9 Å². The second kappa shape index (κ2) is 10.7. The van der Waals surface area contributed by atoms with Gasteiger partial charge in [-0.25, -0.2) is 9.78 Å². The number of nitrogens with zero attached hydrogens (tertiary/aromatic N) is 2. The van der Waals surface area contributed by atoms with Crippen LogP contribution in [-0.4, -0.2) is 41.7 Å². The fraction of sp³-hybridized carbons (Fsp3) is 0.429. The lowest BCUT2D eigenvalue weighted by atomic mass is 10.3. The lowest BCUT2D eigenvalue weighted by Crippen LogP contribution is -2.11. The first-order valence-electron chi connectivity index (χ1n) is 6.79. The molecule has 0 aromatic carbocycles. The van der Waals surface area contributed by atoms with Gasteiger partial charge in [0.2, 0.25) is 0 Å². The van der Waals surface area contributed by atoms with Crippen molar-refractivity contribution >= 4 is 39.9 Å². The summed E-state index contributed by atoms with van der Waals surface area (Å²) in [5.41, 5.74) is 3.09. The van der Waals surface area contributed by atoms with Crippen LogP contribution in [0.4, 0.5) is 5.82 Å². The van der Waals surface area contributed by atoms with Crippen LogP contribution in [0.1, 0.15) is 30.1 Å². The van der Waals surface area contributed by atoms with E-state index in [0.29, 0.717) is 17.8 Å². The minimum atomic E-state index is -0.470. The number of halogens is 1. The van der Waals surface area contributed by atoms with Crippen LogP contribution in [0.5, 0.6) is 0 Å². The number of alkyl halides is 1. The van der Waals surface area contributed by atoms with Gasteiger partial charge in [-0.15, -0.1) is 0 Å². The van der Waals surface area contributed by atoms with Crippen LogP contribution in [0.25, 0.3) is 0 Å². The van der Waals surface area contributed by atoms with Crippen molar-refractivity contribution in [3.8, 4) is 0 Å². The van der Waals surface area contributed by atoms with Crippen LogP contribution in [0, 0.1) is 0 Å². The Morgan fingerprint density at radius 1 is 1.36 bits per heavy atom. The number of esters is 2. The average Bonchev–Trinajstić information content (AvgIpc) is 2.55. The zero-order valence-corrected chi connectivity index (χ0v) is 13.8. The lowest BCUT2D eigenvalue weighted by Gasteiger charge is -2.06. The first-order valence-corrected chi connectivity index (χ1v) is 7.91. The monoisotopic (exact) mass is 371 g/mol. The molecule has 1 aromatic heterocycles. The number of carbonyl (C=O) groups excluding carboxylic acids is 2. The van der Waals surface area contributed by atoms with Crippen molar-refractivity contribution in [2.75, 3.05) is 24.0 Å². The van der Waals surface area contributed by atoms with Crippen molar-refractivity contribution in [2.24, 2.45) is 5.10 Å². The normalized spacial score (nSPS) is 10.5. The van der Waals surface area contributed by atoms with Gasteiger partial charge >= 0.3 is 11.9 Å². The van der Waals surface area contributed by atoms with E-state index in [1.165, 1.54) is 6.20 Å². The Morgan fingerprint density at radius 2 is 2.14 bits per heavy atom. The number of nitrogens with one attached hydrogen (secondary N) is 1. The van der Waals surface area contributed by atoms with E-state index in [2.05, 4.69) is 31.4 Å². The molecule has 0 amide bonds. The second-order valence-electron chi connectivity index (χ2n) is 4.11. The van der Waals surface area contributed by atoms with Crippen molar-refractivity contribution in [1.29, 1.82) is 0 Å². The minimum absolute atomic E-state index is 0.154. The Hall–Kier alpha value is -1.96. The zero-order valence-electron chi connectivity index (χ0n) is 12.3. The van der Waals surface area contributed by atoms with Crippen molar-refractivity contribution in [3.05, 3.63) is 23.9 Å². The molecule has 1 N–H and O–H groups in total. The van der Waals surface area contributed by atoms with Crippen LogP contribution in [0.2, 0.25) is 0 Å². The molecule has 22 heavy (non-hydrogen) atoms. The van der Waals surface area contributed by atoms with Crippen LogP contribution in [0.3, 0.4) is 0 Å². The maximum Gasteiger partial charge on any atom is 0.339 e. The Bertz CT molecular complexity index is 505. The van der Waals surface area contributed by atoms with Crippen LogP contribution >= 0.6 is 15.9 Å². The summed E-state index contributed by atoms with van der Waals surface area (Å²) >= 11 is 2.98. The molecule has 0 spiro atoms. The van der Waals surface area contributed by atoms with Crippen LogP contribution < -0.4 is 5.43 Å². The van der Waals surface area contributed by atoms with Crippen LogP contribution in [0.15, 0.2) is 23.4 Å². The molecule has 0 fully saturated rings. The van der Waals surface area contributed by atoms with Gasteiger partial charge in [-0.2, -0.15) is 5.10 Å². The highest BCUT2D eigenvalue weighted by Crippen LogP contribution is 2.06. The molecule has 1 rings (SSSR count). The number of hydrazone groups is 1. The number of carbonyl (C=O) groups is 2. The number of pyridine rings is 1. The Kier molecular flexibility index (Phi) is 8.82. The summed E-state index contributed by atoms with van der Waals surface area (Å²) in [6.45, 7) is 2.36. The number of aromatic nitrogens is 1. The van der Waals surface area contributed by atoms with Gasteiger partial charge in [-0.3, -0.25) is 10.2 Å². The molecule has 0 bridgehead atoms. The van der Waals surface area contributed by atoms with Crippen molar-refractivity contribution in [1.82, 2.24) is 4.98 Å². The predicted molar refractivity (Wildman–Crippen MR) is 86.3 cm³/mol. The summed E-state index contributed by atoms with van der Waals surface area (Å²) in [5.74, 6) is -0.268. The summed E-state index contributed by atoms with van der Waals surface area (Å²) in [6, 6.07) is 3.24. The average molecular weight is 372 g/mol. The molecule has 0 saturated heterocycles. The quantitative estimate of drug-likeness (QED) is 0.235. The third-order valence-electron chi connectivity index (χ3n) is 2.35. The number of anilines is 1. The van der Waals surface area contributed by atoms with Crippen molar-refractivity contribution in [3.63, 3.8) is 0 Å². The topological polar surface area (TPSA) is 89.9 Å². The van der Waals surface area contributed by atoms with Gasteiger partial charge in [0, 0.05) is 18.8 Å². The van der Waals surface area contributed by atoms with Crippen molar-refractivity contribution in [2.45, 2.75) is 19.8 Å². The Labute approximate surface area is 137 Å². The predicted octanol–water partition coefficient (Wildman–Crippen LogP) is 2.37. The van der Waals surface area contributed by atoms with E-state index in [-0.39, 0.29) is 24.5 Å². The van der Waals surface area contributed by atoms with Gasteiger partial charge in [0.25, 0.3) is 0 Å². The summed E-state index contributed by atoms with van der Waals surface area (Å²) in [7, 11) is 0. The fourth-order valence-corrected chi connectivity index (χ4v) is 1.48. The maximum absolute atomic E-state index is 11.7. The Balaban J connectivity index is 2.30. The summed E-state index contributed by atoms with van der Waals surface area (Å²) < 4.78 is 9.88. The highest BCUT2D eigenvalue weighted by Gasteiger charge is 2.07. The summed E-state index contributed by atoms with van der Waals surface area (Å²) in [4.78, 5) is 26.6. The first-order chi connectivity index (χ1) is 10.7. The zero-order chi connectivity index (χ0) is 16.2. The molecule has 0 unspecified atom stereocenters. The minimum Gasteiger partial charge on any atom is -0.465 e. The molecule has 120 valence electrons. The van der Waals surface area contributed by atoms with Crippen molar-refractivity contribution < 1.29 is 19.1 Å². The number of hydrogen-bond donors (Lipinski definition) is 1. The molecule has 0 radical (unpaired) electrons. The molecule has 8 heteroatoms. The second-order valence-corrected chi connectivity index (χ2v) is 4.67. The van der Waals surface area contributed by atoms with E-state index in [1.807, 2.05) is 6.92 Å². The summed E-state index contributed by atoms with van der Waals surface area (Å²) in [6.07, 6.45) is 4.40. The molecule has 1 heterocycles. The van der Waals surface area contributed by atoms with E-state index < -0.39 is 5.97 Å². The third kappa shape index (κ3) is 7.16. The van der Waals surface area contributed by atoms with Gasteiger partial charge in [0.15, 0.2) is 0 Å². The number of rotatable bonds is 9. The molecule has 0 atom stereocenters. The fourth-order valence-electron chi connectivity index (χ4n) is 1.32. The molecule has 0 aliphatic rings. The summed E-state index contributed by atoms with van der Waals surface area (Å²) in [5, 5.41) is 4.08. The molecule has 7 nitrogen and oxygen atoms in total. The molecule has 0 aliphatic heterocycles.